The molecule has 8 heteroatoms. The molecule has 0 spiro atoms. The number of aromatic nitrogens is 1. The Morgan fingerprint density at radius 3 is 2.38 bits per heavy atom. The highest BCUT2D eigenvalue weighted by Crippen LogP contribution is 2.19. The predicted molar refractivity (Wildman–Crippen MR) is 116 cm³/mol. The summed E-state index contributed by atoms with van der Waals surface area (Å²) >= 11 is 0. The lowest BCUT2D eigenvalue weighted by atomic mass is 10.2. The SMILES string of the molecule is O=C(Nc1cccc(NC(=O)c2ccc(COc3ccc(F)cc3)o2)c1)c1cccnc1. The molecule has 0 aliphatic carbocycles. The van der Waals surface area contributed by atoms with Gasteiger partial charge >= 0.3 is 0 Å². The van der Waals surface area contributed by atoms with E-state index in [2.05, 4.69) is 15.6 Å². The fourth-order valence-electron chi connectivity index (χ4n) is 2.83. The normalized spacial score (nSPS) is 10.4. The van der Waals surface area contributed by atoms with Gasteiger partial charge in [0.15, 0.2) is 5.76 Å². The molecule has 0 bridgehead atoms. The average molecular weight is 431 g/mol. The number of nitrogens with one attached hydrogen (secondary N) is 2. The molecule has 4 aromatic rings. The minimum atomic E-state index is -0.450. The van der Waals surface area contributed by atoms with Crippen molar-refractivity contribution in [2.45, 2.75) is 6.61 Å². The van der Waals surface area contributed by atoms with E-state index in [-0.39, 0.29) is 24.1 Å². The van der Waals surface area contributed by atoms with Crippen molar-refractivity contribution in [1.29, 1.82) is 0 Å². The Hall–Kier alpha value is -4.46. The van der Waals surface area contributed by atoms with E-state index in [0.717, 1.165) is 0 Å². The molecule has 0 radical (unpaired) electrons. The first kappa shape index (κ1) is 20.8. The Kier molecular flexibility index (Phi) is 6.22. The van der Waals surface area contributed by atoms with Gasteiger partial charge in [0.2, 0.25) is 0 Å². The van der Waals surface area contributed by atoms with E-state index in [9.17, 15) is 14.0 Å². The highest BCUT2D eigenvalue weighted by atomic mass is 19.1. The molecule has 2 aromatic heterocycles. The lowest BCUT2D eigenvalue weighted by Gasteiger charge is -2.08. The van der Waals surface area contributed by atoms with Gasteiger partial charge in [-0.25, -0.2) is 4.39 Å². The van der Waals surface area contributed by atoms with E-state index in [1.807, 2.05) is 0 Å². The predicted octanol–water partition coefficient (Wildman–Crippen LogP) is 4.90. The first-order valence-electron chi connectivity index (χ1n) is 9.67. The number of hydrogen-bond donors (Lipinski definition) is 2. The van der Waals surface area contributed by atoms with Crippen LogP contribution in [0, 0.1) is 5.82 Å². The highest BCUT2D eigenvalue weighted by Gasteiger charge is 2.13. The second-order valence-corrected chi connectivity index (χ2v) is 6.74. The number of ether oxygens (including phenoxy) is 1. The number of furan rings is 1. The summed E-state index contributed by atoms with van der Waals surface area (Å²) in [6.07, 6.45) is 3.05. The minimum Gasteiger partial charge on any atom is -0.486 e. The van der Waals surface area contributed by atoms with Gasteiger partial charge < -0.3 is 19.8 Å². The molecular formula is C24H18FN3O4. The quantitative estimate of drug-likeness (QED) is 0.434. The molecule has 0 aliphatic rings. The summed E-state index contributed by atoms with van der Waals surface area (Å²) < 4.78 is 24.0. The Balaban J connectivity index is 1.35. The summed E-state index contributed by atoms with van der Waals surface area (Å²) in [5.41, 5.74) is 1.43. The molecule has 0 unspecified atom stereocenters. The van der Waals surface area contributed by atoms with Crippen LogP contribution in [0.3, 0.4) is 0 Å². The monoisotopic (exact) mass is 431 g/mol. The van der Waals surface area contributed by atoms with Crippen molar-refractivity contribution in [3.05, 3.63) is 108 Å². The van der Waals surface area contributed by atoms with Gasteiger partial charge in [-0.3, -0.25) is 14.6 Å². The third kappa shape index (κ3) is 5.37. The summed E-state index contributed by atoms with van der Waals surface area (Å²) in [7, 11) is 0. The van der Waals surface area contributed by atoms with Crippen LogP contribution in [0.25, 0.3) is 0 Å². The fourth-order valence-corrected chi connectivity index (χ4v) is 2.83. The third-order valence-corrected chi connectivity index (χ3v) is 4.38. The second kappa shape index (κ2) is 9.57. The van der Waals surface area contributed by atoms with Gasteiger partial charge in [-0.2, -0.15) is 0 Å². The fraction of sp³-hybridized carbons (Fsp3) is 0.0417. The second-order valence-electron chi connectivity index (χ2n) is 6.74. The Labute approximate surface area is 182 Å². The number of carbonyl (C=O) groups excluding carboxylic acids is 2. The molecule has 0 aliphatic heterocycles. The maximum Gasteiger partial charge on any atom is 0.291 e. The van der Waals surface area contributed by atoms with Gasteiger partial charge in [-0.1, -0.05) is 6.07 Å². The van der Waals surface area contributed by atoms with E-state index in [1.54, 1.807) is 48.7 Å². The molecule has 2 N–H and O–H groups in total. The topological polar surface area (TPSA) is 93.5 Å². The van der Waals surface area contributed by atoms with Crippen LogP contribution in [0.2, 0.25) is 0 Å². The molecule has 2 aromatic carbocycles. The number of carbonyl (C=O) groups is 2. The molecule has 2 amide bonds. The largest absolute Gasteiger partial charge is 0.486 e. The Morgan fingerprint density at radius 2 is 1.66 bits per heavy atom. The molecule has 32 heavy (non-hydrogen) atoms. The van der Waals surface area contributed by atoms with Crippen LogP contribution in [-0.4, -0.2) is 16.8 Å². The molecule has 2 heterocycles. The molecule has 0 atom stereocenters. The summed E-state index contributed by atoms with van der Waals surface area (Å²) in [6.45, 7) is 0.0920. The van der Waals surface area contributed by atoms with Crippen molar-refractivity contribution in [3.63, 3.8) is 0 Å². The number of nitrogens with zero attached hydrogens (tertiary/aromatic N) is 1. The standard InChI is InChI=1S/C24H18FN3O4/c25-17-6-8-20(9-7-17)31-15-21-10-11-22(32-21)24(30)28-19-5-1-4-18(13-19)27-23(29)16-3-2-12-26-14-16/h1-14H,15H2,(H,27,29)(H,28,30). The van der Waals surface area contributed by atoms with Crippen LogP contribution in [0.4, 0.5) is 15.8 Å². The van der Waals surface area contributed by atoms with Crippen molar-refractivity contribution in [2.24, 2.45) is 0 Å². The molecule has 0 fully saturated rings. The molecular weight excluding hydrogens is 413 g/mol. The van der Waals surface area contributed by atoms with Crippen LogP contribution < -0.4 is 15.4 Å². The van der Waals surface area contributed by atoms with Gasteiger partial charge in [-0.15, -0.1) is 0 Å². The van der Waals surface area contributed by atoms with E-state index in [0.29, 0.717) is 28.4 Å². The van der Waals surface area contributed by atoms with E-state index >= 15 is 0 Å². The van der Waals surface area contributed by atoms with Crippen molar-refractivity contribution < 1.29 is 23.1 Å². The van der Waals surface area contributed by atoms with E-state index in [1.165, 1.54) is 36.5 Å². The van der Waals surface area contributed by atoms with Crippen molar-refractivity contribution in [3.8, 4) is 5.75 Å². The minimum absolute atomic E-state index is 0.0920. The first-order chi connectivity index (χ1) is 15.6. The number of halogens is 1. The van der Waals surface area contributed by atoms with Crippen LogP contribution in [0.15, 0.2) is 89.6 Å². The molecule has 0 saturated carbocycles. The van der Waals surface area contributed by atoms with Gasteiger partial charge in [0.05, 0.1) is 5.56 Å². The summed E-state index contributed by atoms with van der Waals surface area (Å²) in [6, 6.07) is 18.8. The van der Waals surface area contributed by atoms with Crippen molar-refractivity contribution >= 4 is 23.2 Å². The maximum atomic E-state index is 12.9. The van der Waals surface area contributed by atoms with Crippen LogP contribution >= 0.6 is 0 Å². The zero-order valence-corrected chi connectivity index (χ0v) is 16.7. The number of pyridine rings is 1. The smallest absolute Gasteiger partial charge is 0.291 e. The van der Waals surface area contributed by atoms with Crippen LogP contribution in [0.1, 0.15) is 26.7 Å². The van der Waals surface area contributed by atoms with Crippen LogP contribution in [0.5, 0.6) is 5.75 Å². The lowest BCUT2D eigenvalue weighted by Crippen LogP contribution is -2.13. The Morgan fingerprint density at radius 1 is 0.906 bits per heavy atom. The van der Waals surface area contributed by atoms with Crippen molar-refractivity contribution in [1.82, 2.24) is 4.98 Å². The molecule has 4 rings (SSSR count). The van der Waals surface area contributed by atoms with Gasteiger partial charge in [0.25, 0.3) is 11.8 Å². The molecule has 7 nitrogen and oxygen atoms in total. The summed E-state index contributed by atoms with van der Waals surface area (Å²) in [5.74, 6) is -0.0781. The van der Waals surface area contributed by atoms with Crippen LogP contribution in [-0.2, 0) is 6.61 Å². The number of benzene rings is 2. The van der Waals surface area contributed by atoms with E-state index < -0.39 is 5.91 Å². The Bertz CT molecular complexity index is 1220. The summed E-state index contributed by atoms with van der Waals surface area (Å²) in [5, 5.41) is 5.48. The van der Waals surface area contributed by atoms with Gasteiger partial charge in [0.1, 0.15) is 23.9 Å². The highest BCUT2D eigenvalue weighted by molar-refractivity contribution is 6.05. The van der Waals surface area contributed by atoms with Crippen molar-refractivity contribution in [2.75, 3.05) is 10.6 Å². The molecule has 0 saturated heterocycles. The first-order valence-corrected chi connectivity index (χ1v) is 9.67. The molecule has 160 valence electrons. The summed E-state index contributed by atoms with van der Waals surface area (Å²) in [4.78, 5) is 28.7. The third-order valence-electron chi connectivity index (χ3n) is 4.38. The number of rotatable bonds is 7. The number of hydrogen-bond acceptors (Lipinski definition) is 5. The zero-order valence-electron chi connectivity index (χ0n) is 16.7. The number of anilines is 2. The number of amides is 2. The van der Waals surface area contributed by atoms with E-state index in [4.69, 9.17) is 9.15 Å². The maximum absolute atomic E-state index is 12.9. The average Bonchev–Trinajstić information content (AvgIpc) is 3.29. The van der Waals surface area contributed by atoms with Gasteiger partial charge in [-0.05, 0) is 66.7 Å². The van der Waals surface area contributed by atoms with Gasteiger partial charge in [0, 0.05) is 23.8 Å². The lowest BCUT2D eigenvalue weighted by molar-refractivity contribution is 0.0991. The zero-order chi connectivity index (χ0) is 22.3.